The lowest BCUT2D eigenvalue weighted by Crippen LogP contribution is -2.41. The molecule has 0 bridgehead atoms. The maximum Gasteiger partial charge on any atom is 0.328 e. The third kappa shape index (κ3) is 3.11. The SMILES string of the molecule is C[C@@H]1C(C(=O)O)N(Cc2ccccc2)C(=O)N1Cc1ccccc1. The van der Waals surface area contributed by atoms with E-state index in [1.165, 1.54) is 4.90 Å². The summed E-state index contributed by atoms with van der Waals surface area (Å²) in [4.78, 5) is 27.6. The maximum absolute atomic E-state index is 12.8. The van der Waals surface area contributed by atoms with Gasteiger partial charge in [0.05, 0.1) is 6.04 Å². The lowest BCUT2D eigenvalue weighted by Gasteiger charge is -2.21. The zero-order valence-electron chi connectivity index (χ0n) is 13.5. The van der Waals surface area contributed by atoms with Crippen molar-refractivity contribution in [2.45, 2.75) is 32.1 Å². The van der Waals surface area contributed by atoms with Crippen molar-refractivity contribution in [2.75, 3.05) is 0 Å². The molecule has 2 aromatic carbocycles. The molecule has 1 heterocycles. The Hall–Kier alpha value is -2.82. The van der Waals surface area contributed by atoms with Crippen molar-refractivity contribution in [3.63, 3.8) is 0 Å². The van der Waals surface area contributed by atoms with Gasteiger partial charge in [-0.3, -0.25) is 0 Å². The second-order valence-corrected chi connectivity index (χ2v) is 6.03. The van der Waals surface area contributed by atoms with Gasteiger partial charge in [0.25, 0.3) is 0 Å². The van der Waals surface area contributed by atoms with Crippen molar-refractivity contribution in [1.29, 1.82) is 0 Å². The molecule has 1 N–H and O–H groups in total. The van der Waals surface area contributed by atoms with E-state index in [1.54, 1.807) is 11.8 Å². The molecule has 5 nitrogen and oxygen atoms in total. The summed E-state index contributed by atoms with van der Waals surface area (Å²) in [5.41, 5.74) is 1.91. The highest BCUT2D eigenvalue weighted by molar-refractivity contribution is 5.87. The smallest absolute Gasteiger partial charge is 0.328 e. The molecule has 1 unspecified atom stereocenters. The van der Waals surface area contributed by atoms with Crippen LogP contribution in [0.2, 0.25) is 0 Å². The lowest BCUT2D eigenvalue weighted by molar-refractivity contribution is -0.142. The summed E-state index contributed by atoms with van der Waals surface area (Å²) in [6.07, 6.45) is 0. The molecule has 24 heavy (non-hydrogen) atoms. The molecule has 0 aromatic heterocycles. The summed E-state index contributed by atoms with van der Waals surface area (Å²) in [5.74, 6) is -0.970. The number of urea groups is 1. The van der Waals surface area contributed by atoms with Crippen LogP contribution in [-0.2, 0) is 17.9 Å². The van der Waals surface area contributed by atoms with Crippen molar-refractivity contribution >= 4 is 12.0 Å². The molecule has 124 valence electrons. The number of benzene rings is 2. The number of rotatable bonds is 5. The van der Waals surface area contributed by atoms with Crippen LogP contribution in [0.5, 0.6) is 0 Å². The van der Waals surface area contributed by atoms with Crippen molar-refractivity contribution in [3.05, 3.63) is 71.8 Å². The number of hydrogen-bond donors (Lipinski definition) is 1. The Morgan fingerprint density at radius 1 is 0.917 bits per heavy atom. The second-order valence-electron chi connectivity index (χ2n) is 6.03. The normalized spacial score (nSPS) is 20.5. The monoisotopic (exact) mass is 324 g/mol. The first-order valence-corrected chi connectivity index (χ1v) is 7.96. The highest BCUT2D eigenvalue weighted by Crippen LogP contribution is 2.27. The van der Waals surface area contributed by atoms with Crippen LogP contribution in [0.25, 0.3) is 0 Å². The van der Waals surface area contributed by atoms with Crippen LogP contribution >= 0.6 is 0 Å². The van der Waals surface area contributed by atoms with Gasteiger partial charge in [0, 0.05) is 13.1 Å². The summed E-state index contributed by atoms with van der Waals surface area (Å²) in [6, 6.07) is 17.6. The molecule has 1 saturated heterocycles. The summed E-state index contributed by atoms with van der Waals surface area (Å²) in [6.45, 7) is 2.51. The minimum Gasteiger partial charge on any atom is -0.480 e. The van der Waals surface area contributed by atoms with E-state index in [0.717, 1.165) is 11.1 Å². The number of carboxylic acid groups (broad SMARTS) is 1. The van der Waals surface area contributed by atoms with Gasteiger partial charge in [-0.1, -0.05) is 60.7 Å². The molecule has 1 fully saturated rings. The highest BCUT2D eigenvalue weighted by atomic mass is 16.4. The van der Waals surface area contributed by atoms with E-state index in [1.807, 2.05) is 60.7 Å². The Balaban J connectivity index is 1.85. The van der Waals surface area contributed by atoms with E-state index in [-0.39, 0.29) is 12.1 Å². The predicted molar refractivity (Wildman–Crippen MR) is 90.3 cm³/mol. The fourth-order valence-corrected chi connectivity index (χ4v) is 3.17. The zero-order valence-corrected chi connectivity index (χ0v) is 13.5. The summed E-state index contributed by atoms with van der Waals surface area (Å²) in [7, 11) is 0. The average molecular weight is 324 g/mol. The van der Waals surface area contributed by atoms with E-state index >= 15 is 0 Å². The number of carbonyl (C=O) groups excluding carboxylic acids is 1. The number of carboxylic acids is 1. The standard InChI is InChI=1S/C19H20N2O3/c1-14-17(18(22)23)21(13-16-10-6-3-7-11-16)19(24)20(14)12-15-8-4-2-5-9-15/h2-11,14,17H,12-13H2,1H3,(H,22,23)/t14-,17?/m1/s1. The third-order valence-electron chi connectivity index (χ3n) is 4.42. The topological polar surface area (TPSA) is 60.9 Å². The fraction of sp³-hybridized carbons (Fsp3) is 0.263. The van der Waals surface area contributed by atoms with Gasteiger partial charge < -0.3 is 14.9 Å². The second kappa shape index (κ2) is 6.74. The van der Waals surface area contributed by atoms with Crippen molar-refractivity contribution < 1.29 is 14.7 Å². The Morgan fingerprint density at radius 3 is 1.83 bits per heavy atom. The van der Waals surface area contributed by atoms with E-state index < -0.39 is 12.0 Å². The lowest BCUT2D eigenvalue weighted by atomic mass is 10.1. The Kier molecular flexibility index (Phi) is 4.51. The summed E-state index contributed by atoms with van der Waals surface area (Å²) in [5, 5.41) is 9.61. The molecule has 2 atom stereocenters. The number of amides is 2. The van der Waals surface area contributed by atoms with E-state index in [9.17, 15) is 14.7 Å². The minimum absolute atomic E-state index is 0.234. The number of carbonyl (C=O) groups is 2. The van der Waals surface area contributed by atoms with Crippen molar-refractivity contribution in [2.24, 2.45) is 0 Å². The molecule has 0 saturated carbocycles. The first-order chi connectivity index (χ1) is 11.6. The first-order valence-electron chi connectivity index (χ1n) is 7.96. The molecule has 0 radical (unpaired) electrons. The molecule has 0 aliphatic carbocycles. The molecule has 2 amide bonds. The van der Waals surface area contributed by atoms with Crippen LogP contribution in [0.1, 0.15) is 18.1 Å². The molecular weight excluding hydrogens is 304 g/mol. The molecule has 5 heteroatoms. The quantitative estimate of drug-likeness (QED) is 0.920. The molecule has 2 aromatic rings. The van der Waals surface area contributed by atoms with Gasteiger partial charge in [-0.15, -0.1) is 0 Å². The number of aliphatic carboxylic acids is 1. The van der Waals surface area contributed by atoms with Crippen LogP contribution in [0.15, 0.2) is 60.7 Å². The number of nitrogens with zero attached hydrogens (tertiary/aromatic N) is 2. The van der Waals surface area contributed by atoms with Gasteiger partial charge in [-0.2, -0.15) is 0 Å². The summed E-state index contributed by atoms with van der Waals surface area (Å²) >= 11 is 0. The summed E-state index contributed by atoms with van der Waals surface area (Å²) < 4.78 is 0. The van der Waals surface area contributed by atoms with E-state index in [0.29, 0.717) is 13.1 Å². The highest BCUT2D eigenvalue weighted by Gasteiger charge is 2.47. The Morgan fingerprint density at radius 2 is 1.38 bits per heavy atom. The minimum atomic E-state index is -0.970. The van der Waals surface area contributed by atoms with Crippen molar-refractivity contribution in [3.8, 4) is 0 Å². The molecular formula is C19H20N2O3. The van der Waals surface area contributed by atoms with E-state index in [4.69, 9.17) is 0 Å². The van der Waals surface area contributed by atoms with Crippen LogP contribution < -0.4 is 0 Å². The van der Waals surface area contributed by atoms with Gasteiger partial charge in [0.2, 0.25) is 0 Å². The first kappa shape index (κ1) is 16.1. The van der Waals surface area contributed by atoms with Crippen molar-refractivity contribution in [1.82, 2.24) is 9.80 Å². The van der Waals surface area contributed by atoms with Gasteiger partial charge in [-0.25, -0.2) is 9.59 Å². The number of hydrogen-bond acceptors (Lipinski definition) is 2. The maximum atomic E-state index is 12.8. The average Bonchev–Trinajstić information content (AvgIpc) is 2.81. The molecule has 3 rings (SSSR count). The molecule has 0 spiro atoms. The van der Waals surface area contributed by atoms with Gasteiger partial charge in [-0.05, 0) is 18.1 Å². The van der Waals surface area contributed by atoms with Gasteiger partial charge in [0.1, 0.15) is 0 Å². The van der Waals surface area contributed by atoms with Gasteiger partial charge >= 0.3 is 12.0 Å². The fourth-order valence-electron chi connectivity index (χ4n) is 3.17. The van der Waals surface area contributed by atoms with Crippen LogP contribution in [0, 0.1) is 0 Å². The Labute approximate surface area is 141 Å². The predicted octanol–water partition coefficient (Wildman–Crippen LogP) is 2.97. The van der Waals surface area contributed by atoms with Crippen LogP contribution in [0.3, 0.4) is 0 Å². The van der Waals surface area contributed by atoms with E-state index in [2.05, 4.69) is 0 Å². The largest absolute Gasteiger partial charge is 0.480 e. The third-order valence-corrected chi connectivity index (χ3v) is 4.42. The van der Waals surface area contributed by atoms with Gasteiger partial charge in [0.15, 0.2) is 6.04 Å². The molecule has 1 aliphatic rings. The molecule has 1 aliphatic heterocycles. The van der Waals surface area contributed by atoms with Crippen LogP contribution in [0.4, 0.5) is 4.79 Å². The Bertz CT molecular complexity index is 718. The van der Waals surface area contributed by atoms with Crippen LogP contribution in [-0.4, -0.2) is 39.0 Å². The zero-order chi connectivity index (χ0) is 17.1.